The van der Waals surface area contributed by atoms with Crippen LogP contribution in [0.5, 0.6) is 0 Å². The first-order valence-electron chi connectivity index (χ1n) is 16.8. The topological polar surface area (TPSA) is 11.4 Å². The van der Waals surface area contributed by atoms with Crippen molar-refractivity contribution in [3.63, 3.8) is 0 Å². The van der Waals surface area contributed by atoms with Crippen LogP contribution >= 0.6 is 0 Å². The Bertz CT molecular complexity index is 2540. The van der Waals surface area contributed by atoms with E-state index in [0.29, 0.717) is 0 Å². The minimum absolute atomic E-state index is 0.151. The van der Waals surface area contributed by atoms with Crippen LogP contribution in [0.3, 0.4) is 0 Å². The molecule has 0 saturated carbocycles. The van der Waals surface area contributed by atoms with E-state index in [9.17, 15) is 0 Å². The van der Waals surface area contributed by atoms with Crippen molar-refractivity contribution in [1.82, 2.24) is 4.57 Å². The van der Waals surface area contributed by atoms with Crippen molar-refractivity contribution >= 4 is 56.6 Å². The number of hydrogen-bond acceptors (Lipinski definition) is 2. The molecule has 7 aromatic rings. The zero-order valence-electron chi connectivity index (χ0n) is 26.4. The number of allylic oxidation sites excluding steroid dienone is 3. The lowest BCUT2D eigenvalue weighted by Crippen LogP contribution is -2.40. The Balaban J connectivity index is 1.17. The highest BCUT2D eigenvalue weighted by molar-refractivity contribution is 5.97. The van der Waals surface area contributed by atoms with Crippen LogP contribution in [0.25, 0.3) is 39.5 Å². The SMILES string of the molecule is C1=CC(N(c2ccccc2)c2ccc(-n3c4c(c5ccccc53)=CC3c5c(ccc6ccccc56)N(c5ccccc5)C3C=4)cc2)=CC1. The van der Waals surface area contributed by atoms with E-state index in [1.54, 1.807) is 0 Å². The molecule has 228 valence electrons. The first-order valence-corrected chi connectivity index (χ1v) is 16.8. The summed E-state index contributed by atoms with van der Waals surface area (Å²) in [6, 6.07) is 53.1. The van der Waals surface area contributed by atoms with Gasteiger partial charge >= 0.3 is 0 Å². The Morgan fingerprint density at radius 3 is 2.08 bits per heavy atom. The maximum Gasteiger partial charge on any atom is 0.0650 e. The second-order valence-electron chi connectivity index (χ2n) is 12.9. The van der Waals surface area contributed by atoms with Gasteiger partial charge in [-0.15, -0.1) is 0 Å². The van der Waals surface area contributed by atoms with Crippen molar-refractivity contribution < 1.29 is 0 Å². The van der Waals surface area contributed by atoms with Gasteiger partial charge in [0.2, 0.25) is 0 Å². The maximum absolute atomic E-state index is 2.55. The first kappa shape index (κ1) is 27.1. The molecule has 1 aliphatic heterocycles. The molecule has 6 aromatic carbocycles. The van der Waals surface area contributed by atoms with Crippen molar-refractivity contribution in [2.45, 2.75) is 18.4 Å². The molecule has 0 amide bonds. The molecule has 2 heterocycles. The number of benzene rings is 6. The van der Waals surface area contributed by atoms with Gasteiger partial charge in [0.15, 0.2) is 0 Å². The van der Waals surface area contributed by atoms with Gasteiger partial charge in [0.1, 0.15) is 0 Å². The van der Waals surface area contributed by atoms with E-state index in [1.807, 2.05) is 0 Å². The molecule has 3 aliphatic rings. The van der Waals surface area contributed by atoms with E-state index in [0.717, 1.165) is 23.5 Å². The molecule has 10 rings (SSSR count). The number of para-hydroxylation sites is 3. The number of aromatic nitrogens is 1. The van der Waals surface area contributed by atoms with Crippen molar-refractivity contribution in [3.8, 4) is 5.69 Å². The normalized spacial score (nSPS) is 17.4. The quantitative estimate of drug-likeness (QED) is 0.191. The first-order chi connectivity index (χ1) is 23.8. The van der Waals surface area contributed by atoms with Gasteiger partial charge in [0, 0.05) is 50.7 Å². The molecule has 48 heavy (non-hydrogen) atoms. The molecule has 2 unspecified atom stereocenters. The molecule has 0 N–H and O–H groups in total. The van der Waals surface area contributed by atoms with E-state index < -0.39 is 0 Å². The largest absolute Gasteiger partial charge is 0.333 e. The summed E-state index contributed by atoms with van der Waals surface area (Å²) >= 11 is 0. The fourth-order valence-corrected chi connectivity index (χ4v) is 8.23. The fraction of sp³-hybridized carbons (Fsp3) is 0.0667. The van der Waals surface area contributed by atoms with Gasteiger partial charge in [-0.05, 0) is 95.6 Å². The van der Waals surface area contributed by atoms with Gasteiger partial charge in [0.25, 0.3) is 0 Å². The molecule has 3 nitrogen and oxygen atoms in total. The van der Waals surface area contributed by atoms with Gasteiger partial charge in [-0.3, -0.25) is 0 Å². The highest BCUT2D eigenvalue weighted by Crippen LogP contribution is 2.50. The third-order valence-corrected chi connectivity index (χ3v) is 10.3. The third kappa shape index (κ3) is 4.07. The van der Waals surface area contributed by atoms with E-state index >= 15 is 0 Å². The predicted octanol–water partition coefficient (Wildman–Crippen LogP) is 9.64. The zero-order chi connectivity index (χ0) is 31.6. The Labute approximate surface area is 279 Å². The molecule has 3 heteroatoms. The third-order valence-electron chi connectivity index (χ3n) is 10.3. The smallest absolute Gasteiger partial charge is 0.0650 e. The Morgan fingerprint density at radius 1 is 0.583 bits per heavy atom. The Morgan fingerprint density at radius 2 is 1.29 bits per heavy atom. The monoisotopic (exact) mass is 615 g/mol. The van der Waals surface area contributed by atoms with E-state index in [4.69, 9.17) is 0 Å². The lowest BCUT2D eigenvalue weighted by Gasteiger charge is -2.29. The van der Waals surface area contributed by atoms with Gasteiger partial charge in [-0.1, -0.05) is 103 Å². The highest BCUT2D eigenvalue weighted by Gasteiger charge is 2.40. The standard InChI is InChI=1S/C45H33N3/c1-3-14-32(15-4-1)46(33-18-8-9-19-33)35-24-26-36(27-25-35)47-41-22-12-11-21-38(41)39-29-40-44(30-43(39)47)48(34-16-5-2-6-17-34)42-28-23-31-13-7-10-20-37(31)45(40)42/h1-8,10-30,40,44H,9H2. The minimum atomic E-state index is 0.151. The molecule has 0 radical (unpaired) electrons. The van der Waals surface area contributed by atoms with Crippen LogP contribution in [0.1, 0.15) is 17.9 Å². The second-order valence-corrected chi connectivity index (χ2v) is 12.9. The maximum atomic E-state index is 2.55. The van der Waals surface area contributed by atoms with Crippen LogP contribution in [-0.2, 0) is 0 Å². The fourth-order valence-electron chi connectivity index (χ4n) is 8.23. The van der Waals surface area contributed by atoms with Crippen LogP contribution < -0.4 is 20.4 Å². The summed E-state index contributed by atoms with van der Waals surface area (Å²) in [5, 5.41) is 6.49. The summed E-state index contributed by atoms with van der Waals surface area (Å²) in [6.45, 7) is 0. The summed E-state index contributed by atoms with van der Waals surface area (Å²) in [7, 11) is 0. The van der Waals surface area contributed by atoms with Gasteiger partial charge < -0.3 is 14.4 Å². The second kappa shape index (κ2) is 10.8. The molecule has 0 spiro atoms. The molecule has 0 saturated heterocycles. The van der Waals surface area contributed by atoms with E-state index in [-0.39, 0.29) is 12.0 Å². The zero-order valence-corrected chi connectivity index (χ0v) is 26.4. The van der Waals surface area contributed by atoms with Gasteiger partial charge in [0.05, 0.1) is 16.9 Å². The number of rotatable bonds is 5. The molecular weight excluding hydrogens is 583 g/mol. The van der Waals surface area contributed by atoms with Crippen molar-refractivity contribution in [1.29, 1.82) is 0 Å². The summed E-state index contributed by atoms with van der Waals surface area (Å²) in [5.41, 5.74) is 9.85. The average Bonchev–Trinajstić information content (AvgIpc) is 3.87. The van der Waals surface area contributed by atoms with Crippen molar-refractivity contribution in [2.75, 3.05) is 9.80 Å². The molecule has 1 aromatic heterocycles. The van der Waals surface area contributed by atoms with E-state index in [1.165, 1.54) is 54.9 Å². The Hall–Kier alpha value is -6.06. The lowest BCUT2D eigenvalue weighted by molar-refractivity contribution is 0.798. The number of hydrogen-bond donors (Lipinski definition) is 0. The van der Waals surface area contributed by atoms with Crippen LogP contribution in [0.2, 0.25) is 0 Å². The molecule has 0 fully saturated rings. The van der Waals surface area contributed by atoms with Crippen LogP contribution in [0.4, 0.5) is 22.7 Å². The molecule has 2 aliphatic carbocycles. The van der Waals surface area contributed by atoms with Gasteiger partial charge in [-0.25, -0.2) is 0 Å². The lowest BCUT2D eigenvalue weighted by atomic mass is 9.87. The summed E-state index contributed by atoms with van der Waals surface area (Å²) in [4.78, 5) is 4.90. The average molecular weight is 616 g/mol. The summed E-state index contributed by atoms with van der Waals surface area (Å²) < 4.78 is 2.47. The predicted molar refractivity (Wildman–Crippen MR) is 201 cm³/mol. The van der Waals surface area contributed by atoms with E-state index in [2.05, 4.69) is 190 Å². The number of fused-ring (bicyclic) bond motifs is 8. The van der Waals surface area contributed by atoms with Gasteiger partial charge in [-0.2, -0.15) is 0 Å². The minimum Gasteiger partial charge on any atom is -0.333 e. The number of anilines is 4. The summed E-state index contributed by atoms with van der Waals surface area (Å²) in [5.74, 6) is 0.229. The highest BCUT2D eigenvalue weighted by atomic mass is 15.2. The van der Waals surface area contributed by atoms with Crippen molar-refractivity contribution in [2.24, 2.45) is 0 Å². The van der Waals surface area contributed by atoms with Crippen LogP contribution in [0.15, 0.2) is 170 Å². The molecule has 2 atom stereocenters. The molecule has 0 bridgehead atoms. The van der Waals surface area contributed by atoms with Crippen LogP contribution in [0, 0.1) is 0 Å². The number of nitrogens with zero attached hydrogens (tertiary/aromatic N) is 3. The van der Waals surface area contributed by atoms with Crippen LogP contribution in [-0.4, -0.2) is 10.6 Å². The molecular formula is C45H33N3. The summed E-state index contributed by atoms with van der Waals surface area (Å²) in [6.07, 6.45) is 12.8. The van der Waals surface area contributed by atoms with Crippen molar-refractivity contribution in [3.05, 3.63) is 186 Å². The Kier molecular flexibility index (Phi) is 6.07.